The number of aromatic nitrogens is 2. The number of nitrogens with one attached hydrogen (secondary N) is 1. The lowest BCUT2D eigenvalue weighted by Crippen LogP contribution is -2.03. The molecule has 0 unspecified atom stereocenters. The van der Waals surface area contributed by atoms with E-state index in [1.165, 1.54) is 0 Å². The maximum Gasteiger partial charge on any atom is 0.139 e. The van der Waals surface area contributed by atoms with E-state index < -0.39 is 0 Å². The van der Waals surface area contributed by atoms with Crippen LogP contribution in [-0.2, 0) is 6.54 Å². The van der Waals surface area contributed by atoms with Crippen molar-refractivity contribution in [3.05, 3.63) is 78.0 Å². The minimum absolute atomic E-state index is 0.210. The van der Waals surface area contributed by atoms with Crippen molar-refractivity contribution in [2.45, 2.75) is 13.5 Å². The number of aromatic hydroxyl groups is 1. The average Bonchev–Trinajstić information content (AvgIpc) is 3.04. The van der Waals surface area contributed by atoms with Crippen LogP contribution < -0.4 is 10.1 Å². The normalized spacial score (nSPS) is 10.9. The molecule has 5 heteroatoms. The van der Waals surface area contributed by atoms with Crippen LogP contribution >= 0.6 is 0 Å². The van der Waals surface area contributed by atoms with Crippen molar-refractivity contribution in [2.24, 2.45) is 0 Å². The van der Waals surface area contributed by atoms with E-state index in [9.17, 15) is 5.11 Å². The number of anilines is 1. The number of aryl methyl sites for hydroxylation is 1. The molecule has 4 rings (SSSR count). The first-order valence-electron chi connectivity index (χ1n) is 8.79. The largest absolute Gasteiger partial charge is 0.507 e. The van der Waals surface area contributed by atoms with Crippen LogP contribution in [-0.4, -0.2) is 21.6 Å². The number of pyridine rings is 1. The van der Waals surface area contributed by atoms with Crippen LogP contribution in [0.3, 0.4) is 0 Å². The third-order valence-corrected chi connectivity index (χ3v) is 4.53. The molecule has 0 saturated heterocycles. The SMILES string of the molecule is COc1cccc(CNc2c(-c3ccccc3O)nc3cc(C)ccn23)c1. The van der Waals surface area contributed by atoms with Gasteiger partial charge in [-0.25, -0.2) is 4.98 Å². The number of rotatable bonds is 5. The van der Waals surface area contributed by atoms with Crippen LogP contribution in [0.5, 0.6) is 11.5 Å². The Morgan fingerprint density at radius 1 is 1.07 bits per heavy atom. The lowest BCUT2D eigenvalue weighted by Gasteiger charge is -2.11. The van der Waals surface area contributed by atoms with Gasteiger partial charge in [-0.1, -0.05) is 24.3 Å². The monoisotopic (exact) mass is 359 g/mol. The van der Waals surface area contributed by atoms with Gasteiger partial charge in [-0.05, 0) is 54.4 Å². The number of phenolic OH excluding ortho intramolecular Hbond substituents is 1. The first-order chi connectivity index (χ1) is 13.2. The van der Waals surface area contributed by atoms with E-state index in [1.54, 1.807) is 13.2 Å². The van der Waals surface area contributed by atoms with E-state index in [0.29, 0.717) is 12.1 Å². The zero-order chi connectivity index (χ0) is 18.8. The number of methoxy groups -OCH3 is 1. The van der Waals surface area contributed by atoms with Crippen molar-refractivity contribution in [1.29, 1.82) is 0 Å². The molecule has 0 atom stereocenters. The molecule has 2 heterocycles. The molecule has 136 valence electrons. The van der Waals surface area contributed by atoms with Gasteiger partial charge in [0.25, 0.3) is 0 Å². The van der Waals surface area contributed by atoms with Gasteiger partial charge < -0.3 is 15.2 Å². The van der Waals surface area contributed by atoms with Gasteiger partial charge in [0, 0.05) is 18.3 Å². The van der Waals surface area contributed by atoms with Crippen molar-refractivity contribution in [1.82, 2.24) is 9.38 Å². The maximum absolute atomic E-state index is 10.3. The quantitative estimate of drug-likeness (QED) is 0.545. The molecule has 0 saturated carbocycles. The molecule has 0 fully saturated rings. The smallest absolute Gasteiger partial charge is 0.139 e. The van der Waals surface area contributed by atoms with Gasteiger partial charge in [-0.3, -0.25) is 4.40 Å². The molecule has 2 aromatic carbocycles. The molecular weight excluding hydrogens is 338 g/mol. The summed E-state index contributed by atoms with van der Waals surface area (Å²) in [6.45, 7) is 2.65. The zero-order valence-electron chi connectivity index (χ0n) is 15.3. The minimum atomic E-state index is 0.210. The summed E-state index contributed by atoms with van der Waals surface area (Å²) in [6.07, 6.45) is 2.00. The molecule has 4 aromatic rings. The Bertz CT molecular complexity index is 1100. The van der Waals surface area contributed by atoms with Gasteiger partial charge in [0.05, 0.1) is 7.11 Å². The number of para-hydroxylation sites is 1. The zero-order valence-corrected chi connectivity index (χ0v) is 15.3. The molecule has 0 radical (unpaired) electrons. The predicted molar refractivity (Wildman–Crippen MR) is 107 cm³/mol. The lowest BCUT2D eigenvalue weighted by atomic mass is 10.1. The van der Waals surface area contributed by atoms with E-state index in [0.717, 1.165) is 34.0 Å². The van der Waals surface area contributed by atoms with Crippen molar-refractivity contribution in [2.75, 3.05) is 12.4 Å². The molecule has 2 aromatic heterocycles. The Morgan fingerprint density at radius 2 is 1.93 bits per heavy atom. The Labute approximate surface area is 157 Å². The number of ether oxygens (including phenoxy) is 1. The van der Waals surface area contributed by atoms with Gasteiger partial charge in [0.2, 0.25) is 0 Å². The summed E-state index contributed by atoms with van der Waals surface area (Å²) in [7, 11) is 1.66. The van der Waals surface area contributed by atoms with E-state index in [2.05, 4.69) is 5.32 Å². The van der Waals surface area contributed by atoms with Crippen LogP contribution in [0.1, 0.15) is 11.1 Å². The van der Waals surface area contributed by atoms with Gasteiger partial charge in [-0.2, -0.15) is 0 Å². The Hall–Kier alpha value is -3.47. The number of phenols is 1. The minimum Gasteiger partial charge on any atom is -0.507 e. The highest BCUT2D eigenvalue weighted by Gasteiger charge is 2.16. The van der Waals surface area contributed by atoms with Crippen LogP contribution in [0, 0.1) is 6.92 Å². The van der Waals surface area contributed by atoms with Gasteiger partial charge >= 0.3 is 0 Å². The summed E-state index contributed by atoms with van der Waals surface area (Å²) in [5.74, 6) is 1.88. The number of imidazole rings is 1. The van der Waals surface area contributed by atoms with Crippen molar-refractivity contribution in [3.8, 4) is 22.8 Å². The van der Waals surface area contributed by atoms with Gasteiger partial charge in [-0.15, -0.1) is 0 Å². The second-order valence-corrected chi connectivity index (χ2v) is 6.46. The van der Waals surface area contributed by atoms with Crippen LogP contribution in [0.4, 0.5) is 5.82 Å². The fourth-order valence-electron chi connectivity index (χ4n) is 3.15. The number of hydrogen-bond donors (Lipinski definition) is 2. The summed E-state index contributed by atoms with van der Waals surface area (Å²) >= 11 is 0. The molecule has 0 amide bonds. The lowest BCUT2D eigenvalue weighted by molar-refractivity contribution is 0.414. The Morgan fingerprint density at radius 3 is 2.74 bits per heavy atom. The predicted octanol–water partition coefficient (Wildman–Crippen LogP) is 4.64. The van der Waals surface area contributed by atoms with Gasteiger partial charge in [0.15, 0.2) is 0 Å². The number of nitrogens with zero attached hydrogens (tertiary/aromatic N) is 2. The summed E-state index contributed by atoms with van der Waals surface area (Å²) in [4.78, 5) is 4.77. The van der Waals surface area contributed by atoms with Crippen LogP contribution in [0.2, 0.25) is 0 Å². The molecule has 0 aliphatic heterocycles. The second kappa shape index (κ2) is 7.03. The van der Waals surface area contributed by atoms with E-state index in [-0.39, 0.29) is 5.75 Å². The number of hydrogen-bond acceptors (Lipinski definition) is 4. The summed E-state index contributed by atoms with van der Waals surface area (Å²) in [5.41, 5.74) is 4.49. The highest BCUT2D eigenvalue weighted by Crippen LogP contribution is 2.34. The van der Waals surface area contributed by atoms with E-state index in [4.69, 9.17) is 9.72 Å². The average molecular weight is 359 g/mol. The number of fused-ring (bicyclic) bond motifs is 1. The molecule has 0 bridgehead atoms. The summed E-state index contributed by atoms with van der Waals surface area (Å²) < 4.78 is 7.31. The third-order valence-electron chi connectivity index (χ3n) is 4.53. The molecule has 0 spiro atoms. The standard InChI is InChI=1S/C22H21N3O2/c1-15-10-11-25-20(12-15)24-21(18-8-3-4-9-19(18)26)22(25)23-14-16-6-5-7-17(13-16)27-2/h3-13,23,26H,14H2,1-2H3. The highest BCUT2D eigenvalue weighted by atomic mass is 16.5. The second-order valence-electron chi connectivity index (χ2n) is 6.46. The Kier molecular flexibility index (Phi) is 4.42. The van der Waals surface area contributed by atoms with Crippen LogP contribution in [0.25, 0.3) is 16.9 Å². The molecule has 0 aliphatic carbocycles. The van der Waals surface area contributed by atoms with E-state index in [1.807, 2.05) is 72.1 Å². The van der Waals surface area contributed by atoms with Gasteiger partial charge in [0.1, 0.15) is 28.7 Å². The first-order valence-corrected chi connectivity index (χ1v) is 8.79. The fourth-order valence-corrected chi connectivity index (χ4v) is 3.15. The maximum atomic E-state index is 10.3. The summed E-state index contributed by atoms with van der Waals surface area (Å²) in [5, 5.41) is 13.8. The number of benzene rings is 2. The van der Waals surface area contributed by atoms with Crippen LogP contribution in [0.15, 0.2) is 66.9 Å². The molecule has 5 nitrogen and oxygen atoms in total. The first kappa shape index (κ1) is 17.0. The van der Waals surface area contributed by atoms with Crippen molar-refractivity contribution in [3.63, 3.8) is 0 Å². The van der Waals surface area contributed by atoms with Crippen molar-refractivity contribution < 1.29 is 9.84 Å². The molecule has 0 aliphatic rings. The summed E-state index contributed by atoms with van der Waals surface area (Å²) in [6, 6.07) is 19.3. The fraction of sp³-hybridized carbons (Fsp3) is 0.136. The Balaban J connectivity index is 1.78. The molecule has 27 heavy (non-hydrogen) atoms. The highest BCUT2D eigenvalue weighted by molar-refractivity contribution is 5.80. The van der Waals surface area contributed by atoms with E-state index >= 15 is 0 Å². The third kappa shape index (κ3) is 3.31. The molecule has 2 N–H and O–H groups in total. The topological polar surface area (TPSA) is 58.8 Å². The molecular formula is C22H21N3O2. The van der Waals surface area contributed by atoms with Crippen molar-refractivity contribution >= 4 is 11.5 Å².